The zero-order valence-electron chi connectivity index (χ0n) is 12.6. The van der Waals surface area contributed by atoms with Gasteiger partial charge >= 0.3 is 0 Å². The Kier molecular flexibility index (Phi) is 4.45. The quantitative estimate of drug-likeness (QED) is 0.828. The van der Waals surface area contributed by atoms with Gasteiger partial charge in [0.15, 0.2) is 0 Å². The Hall–Kier alpha value is -0.120. The van der Waals surface area contributed by atoms with Crippen molar-refractivity contribution >= 4 is 0 Å². The lowest BCUT2D eigenvalue weighted by molar-refractivity contribution is 0.0293. The average molecular weight is 265 g/mol. The third-order valence-electron chi connectivity index (χ3n) is 5.77. The Balaban J connectivity index is 1.50. The van der Waals surface area contributed by atoms with E-state index in [0.29, 0.717) is 6.04 Å². The molecule has 2 aliphatic heterocycles. The maximum atomic E-state index is 6.13. The van der Waals surface area contributed by atoms with Crippen LogP contribution < -0.4 is 5.73 Å². The molecule has 0 aromatic carbocycles. The molecular formula is C16H31N3. The number of piperidine rings is 2. The van der Waals surface area contributed by atoms with Crippen molar-refractivity contribution in [3.05, 3.63) is 0 Å². The number of fused-ring (bicyclic) bond motifs is 1. The molecule has 1 aliphatic carbocycles. The van der Waals surface area contributed by atoms with Gasteiger partial charge in [0.1, 0.15) is 0 Å². The van der Waals surface area contributed by atoms with E-state index in [0.717, 1.165) is 17.9 Å². The molecular weight excluding hydrogens is 234 g/mol. The third kappa shape index (κ3) is 3.32. The largest absolute Gasteiger partial charge is 0.328 e. The molecule has 3 nitrogen and oxygen atoms in total. The second-order valence-corrected chi connectivity index (χ2v) is 7.29. The minimum atomic E-state index is 0.483. The van der Waals surface area contributed by atoms with Gasteiger partial charge in [-0.25, -0.2) is 0 Å². The number of nitrogens with two attached hydrogens (primary N) is 1. The minimum Gasteiger partial charge on any atom is -0.328 e. The predicted octanol–water partition coefficient (Wildman–Crippen LogP) is 1.92. The molecule has 4 atom stereocenters. The van der Waals surface area contributed by atoms with Crippen LogP contribution in [0.2, 0.25) is 0 Å². The lowest BCUT2D eigenvalue weighted by Crippen LogP contribution is -2.53. The van der Waals surface area contributed by atoms with Crippen LogP contribution in [0.25, 0.3) is 0 Å². The fourth-order valence-electron chi connectivity index (χ4n) is 4.76. The fourth-order valence-corrected chi connectivity index (χ4v) is 4.76. The lowest BCUT2D eigenvalue weighted by atomic mass is 9.82. The van der Waals surface area contributed by atoms with Gasteiger partial charge in [-0.2, -0.15) is 0 Å². The number of nitrogens with zero attached hydrogens (tertiary/aromatic N) is 2. The van der Waals surface area contributed by atoms with Crippen molar-refractivity contribution < 1.29 is 0 Å². The number of likely N-dealkylation sites (tertiary alicyclic amines) is 2. The van der Waals surface area contributed by atoms with Crippen molar-refractivity contribution in [2.24, 2.45) is 17.6 Å². The molecule has 3 heteroatoms. The summed E-state index contributed by atoms with van der Waals surface area (Å²) in [5.74, 6) is 1.81. The molecule has 0 spiro atoms. The summed E-state index contributed by atoms with van der Waals surface area (Å²) in [4.78, 5) is 5.37. The zero-order valence-corrected chi connectivity index (χ0v) is 12.6. The van der Waals surface area contributed by atoms with Crippen molar-refractivity contribution in [1.82, 2.24) is 9.80 Å². The second kappa shape index (κ2) is 6.11. The lowest BCUT2D eigenvalue weighted by Gasteiger charge is -2.47. The molecule has 0 radical (unpaired) electrons. The Morgan fingerprint density at radius 2 is 1.95 bits per heavy atom. The highest BCUT2D eigenvalue weighted by molar-refractivity contribution is 4.90. The van der Waals surface area contributed by atoms with Crippen LogP contribution in [-0.4, -0.2) is 55.1 Å². The molecule has 0 bridgehead atoms. The van der Waals surface area contributed by atoms with Crippen molar-refractivity contribution in [2.75, 3.05) is 33.2 Å². The van der Waals surface area contributed by atoms with Gasteiger partial charge in [-0.05, 0) is 70.5 Å². The van der Waals surface area contributed by atoms with E-state index in [1.165, 1.54) is 71.1 Å². The van der Waals surface area contributed by atoms with E-state index in [1.54, 1.807) is 0 Å². The summed E-state index contributed by atoms with van der Waals surface area (Å²) < 4.78 is 0. The summed E-state index contributed by atoms with van der Waals surface area (Å²) >= 11 is 0. The molecule has 110 valence electrons. The molecule has 3 fully saturated rings. The van der Waals surface area contributed by atoms with Gasteiger partial charge in [0.05, 0.1) is 0 Å². The first-order valence-electron chi connectivity index (χ1n) is 8.40. The maximum Gasteiger partial charge on any atom is 0.0145 e. The molecule has 2 heterocycles. The van der Waals surface area contributed by atoms with E-state index < -0.39 is 0 Å². The third-order valence-corrected chi connectivity index (χ3v) is 5.77. The SMILES string of the molecule is CN1CCCC2CN(CC3CCCC(N)C3)CCC21. The molecule has 1 saturated carbocycles. The van der Waals surface area contributed by atoms with E-state index >= 15 is 0 Å². The van der Waals surface area contributed by atoms with Gasteiger partial charge in [-0.1, -0.05) is 6.42 Å². The van der Waals surface area contributed by atoms with Crippen LogP contribution in [0.5, 0.6) is 0 Å². The summed E-state index contributed by atoms with van der Waals surface area (Å²) in [6, 6.07) is 1.36. The molecule has 0 amide bonds. The standard InChI is InChI=1S/C16H31N3/c1-18-8-3-5-14-12-19(9-7-16(14)18)11-13-4-2-6-15(17)10-13/h13-16H,2-12,17H2,1H3. The van der Waals surface area contributed by atoms with Crippen molar-refractivity contribution in [3.63, 3.8) is 0 Å². The smallest absolute Gasteiger partial charge is 0.0145 e. The first kappa shape index (κ1) is 13.8. The Labute approximate surface area is 118 Å². The highest BCUT2D eigenvalue weighted by atomic mass is 15.2. The maximum absolute atomic E-state index is 6.13. The van der Waals surface area contributed by atoms with Crippen molar-refractivity contribution in [2.45, 2.75) is 57.0 Å². The summed E-state index contributed by atoms with van der Waals surface area (Å²) in [5, 5.41) is 0. The van der Waals surface area contributed by atoms with E-state index in [9.17, 15) is 0 Å². The molecule has 2 N–H and O–H groups in total. The first-order chi connectivity index (χ1) is 9.22. The van der Waals surface area contributed by atoms with E-state index in [-0.39, 0.29) is 0 Å². The highest BCUT2D eigenvalue weighted by Gasteiger charge is 2.35. The summed E-state index contributed by atoms with van der Waals surface area (Å²) in [6.45, 7) is 5.30. The molecule has 19 heavy (non-hydrogen) atoms. The van der Waals surface area contributed by atoms with Gasteiger partial charge in [0.2, 0.25) is 0 Å². The number of hydrogen-bond donors (Lipinski definition) is 1. The Bertz CT molecular complexity index is 292. The van der Waals surface area contributed by atoms with Gasteiger partial charge in [0, 0.05) is 25.2 Å². The van der Waals surface area contributed by atoms with E-state index in [2.05, 4.69) is 16.8 Å². The van der Waals surface area contributed by atoms with Gasteiger partial charge in [-0.15, -0.1) is 0 Å². The molecule has 2 saturated heterocycles. The van der Waals surface area contributed by atoms with Crippen LogP contribution in [0.15, 0.2) is 0 Å². The Morgan fingerprint density at radius 3 is 2.79 bits per heavy atom. The van der Waals surface area contributed by atoms with E-state index in [4.69, 9.17) is 5.73 Å². The molecule has 0 aromatic rings. The fraction of sp³-hybridized carbons (Fsp3) is 1.00. The minimum absolute atomic E-state index is 0.483. The zero-order chi connectivity index (χ0) is 13.2. The molecule has 4 unspecified atom stereocenters. The molecule has 0 aromatic heterocycles. The molecule has 3 aliphatic rings. The number of hydrogen-bond acceptors (Lipinski definition) is 3. The summed E-state index contributed by atoms with van der Waals surface area (Å²) in [6.07, 6.45) is 9.54. The monoisotopic (exact) mass is 265 g/mol. The van der Waals surface area contributed by atoms with Gasteiger partial charge in [-0.3, -0.25) is 0 Å². The normalized spacial score (nSPS) is 42.0. The van der Waals surface area contributed by atoms with Crippen LogP contribution in [0.4, 0.5) is 0 Å². The Morgan fingerprint density at radius 1 is 1.05 bits per heavy atom. The first-order valence-corrected chi connectivity index (χ1v) is 8.40. The average Bonchev–Trinajstić information content (AvgIpc) is 2.39. The second-order valence-electron chi connectivity index (χ2n) is 7.29. The molecule has 3 rings (SSSR count). The van der Waals surface area contributed by atoms with Crippen molar-refractivity contribution in [3.8, 4) is 0 Å². The van der Waals surface area contributed by atoms with Crippen LogP contribution >= 0.6 is 0 Å². The summed E-state index contributed by atoms with van der Waals surface area (Å²) in [5.41, 5.74) is 6.13. The van der Waals surface area contributed by atoms with Crippen LogP contribution in [0.1, 0.15) is 44.9 Å². The highest BCUT2D eigenvalue weighted by Crippen LogP contribution is 2.31. The summed E-state index contributed by atoms with van der Waals surface area (Å²) in [7, 11) is 2.33. The van der Waals surface area contributed by atoms with Crippen LogP contribution in [0.3, 0.4) is 0 Å². The van der Waals surface area contributed by atoms with Crippen molar-refractivity contribution in [1.29, 1.82) is 0 Å². The number of rotatable bonds is 2. The van der Waals surface area contributed by atoms with Crippen LogP contribution in [-0.2, 0) is 0 Å². The van der Waals surface area contributed by atoms with E-state index in [1.807, 2.05) is 0 Å². The van der Waals surface area contributed by atoms with Gasteiger partial charge in [0.25, 0.3) is 0 Å². The predicted molar refractivity (Wildman–Crippen MR) is 80.1 cm³/mol. The van der Waals surface area contributed by atoms with Crippen LogP contribution in [0, 0.1) is 11.8 Å². The topological polar surface area (TPSA) is 32.5 Å². The van der Waals surface area contributed by atoms with Gasteiger partial charge < -0.3 is 15.5 Å².